The highest BCUT2D eigenvalue weighted by molar-refractivity contribution is 7.89. The highest BCUT2D eigenvalue weighted by atomic mass is 32.2. The molecule has 1 saturated heterocycles. The van der Waals surface area contributed by atoms with Gasteiger partial charge in [-0.3, -0.25) is 4.79 Å². The standard InChI is InChI=1S/C26H29N5O6S/c1-37-26(34)20-16-30(14-15-32)25(33)23(20)27-18-6-8-19(9-7-18)38(35,36)31-12-10-17(11-13-31)24-28-21-4-2-3-5-22(21)29-24/h2-9,17,27,32H,10-16H2,1H3,(H,28,29). The molecule has 0 radical (unpaired) electrons. The molecule has 5 rings (SSSR count). The topological polar surface area (TPSA) is 145 Å². The number of H-pyrrole nitrogens is 1. The number of amides is 1. The fraction of sp³-hybridized carbons (Fsp3) is 0.346. The number of hydrogen-bond acceptors (Lipinski definition) is 8. The molecule has 38 heavy (non-hydrogen) atoms. The maximum absolute atomic E-state index is 13.3. The van der Waals surface area contributed by atoms with E-state index in [9.17, 15) is 23.1 Å². The molecule has 1 aromatic heterocycles. The van der Waals surface area contributed by atoms with Crippen molar-refractivity contribution in [2.24, 2.45) is 0 Å². The van der Waals surface area contributed by atoms with E-state index in [4.69, 9.17) is 4.74 Å². The van der Waals surface area contributed by atoms with Crippen molar-refractivity contribution in [2.45, 2.75) is 23.7 Å². The molecule has 0 bridgehead atoms. The van der Waals surface area contributed by atoms with Gasteiger partial charge in [-0.25, -0.2) is 18.2 Å². The summed E-state index contributed by atoms with van der Waals surface area (Å²) in [4.78, 5) is 34.4. The lowest BCUT2D eigenvalue weighted by Crippen LogP contribution is -2.38. The highest BCUT2D eigenvalue weighted by Gasteiger charge is 2.35. The molecule has 12 heteroatoms. The number of β-amino-alcohol motifs (C(OH)–C–C–N with tert-alkyl or cyclic N) is 1. The van der Waals surface area contributed by atoms with E-state index in [1.54, 1.807) is 12.1 Å². The van der Waals surface area contributed by atoms with Crippen molar-refractivity contribution < 1.29 is 27.9 Å². The van der Waals surface area contributed by atoms with E-state index in [1.807, 2.05) is 24.3 Å². The average Bonchev–Trinajstić information content (AvgIpc) is 3.50. The van der Waals surface area contributed by atoms with Gasteiger partial charge in [0.15, 0.2) is 0 Å². The number of carbonyl (C=O) groups excluding carboxylic acids is 2. The summed E-state index contributed by atoms with van der Waals surface area (Å²) in [7, 11) is -2.48. The van der Waals surface area contributed by atoms with Crippen molar-refractivity contribution in [3.63, 3.8) is 0 Å². The number of ether oxygens (including phenoxy) is 1. The lowest BCUT2D eigenvalue weighted by Gasteiger charge is -2.30. The Bertz CT molecular complexity index is 1460. The molecule has 0 atom stereocenters. The summed E-state index contributed by atoms with van der Waals surface area (Å²) in [5, 5.41) is 12.1. The molecule has 3 heterocycles. The number of carbonyl (C=O) groups is 2. The van der Waals surface area contributed by atoms with Crippen LogP contribution in [0.4, 0.5) is 5.69 Å². The summed E-state index contributed by atoms with van der Waals surface area (Å²) in [5.41, 5.74) is 2.52. The van der Waals surface area contributed by atoms with E-state index < -0.39 is 21.9 Å². The van der Waals surface area contributed by atoms with E-state index in [1.165, 1.54) is 28.4 Å². The fourth-order valence-electron chi connectivity index (χ4n) is 4.89. The summed E-state index contributed by atoms with van der Waals surface area (Å²) in [6, 6.07) is 13.9. The van der Waals surface area contributed by atoms with Crippen LogP contribution < -0.4 is 5.32 Å². The van der Waals surface area contributed by atoms with Crippen LogP contribution in [0.1, 0.15) is 24.6 Å². The average molecular weight is 540 g/mol. The number of fused-ring (bicyclic) bond motifs is 1. The van der Waals surface area contributed by atoms with Crippen LogP contribution in [0, 0.1) is 0 Å². The van der Waals surface area contributed by atoms with Crippen LogP contribution in [0.2, 0.25) is 0 Å². The number of anilines is 1. The van der Waals surface area contributed by atoms with E-state index in [-0.39, 0.29) is 41.8 Å². The first-order valence-electron chi connectivity index (χ1n) is 12.4. The van der Waals surface area contributed by atoms with Gasteiger partial charge < -0.3 is 25.0 Å². The zero-order valence-electron chi connectivity index (χ0n) is 20.9. The number of piperidine rings is 1. The number of aromatic amines is 1. The van der Waals surface area contributed by atoms with Gasteiger partial charge in [0.2, 0.25) is 10.0 Å². The Morgan fingerprint density at radius 2 is 1.87 bits per heavy atom. The quantitative estimate of drug-likeness (QED) is 0.368. The minimum Gasteiger partial charge on any atom is -0.466 e. The number of benzene rings is 2. The van der Waals surface area contributed by atoms with Crippen molar-refractivity contribution in [2.75, 3.05) is 45.2 Å². The third kappa shape index (κ3) is 4.89. The number of hydrogen-bond donors (Lipinski definition) is 3. The van der Waals surface area contributed by atoms with Crippen molar-refractivity contribution in [3.8, 4) is 0 Å². The van der Waals surface area contributed by atoms with Crippen LogP contribution in [-0.2, 0) is 24.3 Å². The summed E-state index contributed by atoms with van der Waals surface area (Å²) in [5.74, 6) is -0.0413. The molecule has 0 unspecified atom stereocenters. The number of methoxy groups -OCH3 is 1. The number of nitrogens with zero attached hydrogens (tertiary/aromatic N) is 3. The second-order valence-corrected chi connectivity index (χ2v) is 11.2. The van der Waals surface area contributed by atoms with Crippen molar-refractivity contribution in [1.82, 2.24) is 19.2 Å². The number of aliphatic hydroxyl groups excluding tert-OH is 1. The number of esters is 1. The molecule has 1 fully saturated rings. The number of nitrogens with one attached hydrogen (secondary N) is 2. The summed E-state index contributed by atoms with van der Waals surface area (Å²) >= 11 is 0. The maximum atomic E-state index is 13.3. The smallest absolute Gasteiger partial charge is 0.337 e. The van der Waals surface area contributed by atoms with Gasteiger partial charge in [-0.2, -0.15) is 4.31 Å². The van der Waals surface area contributed by atoms with E-state index in [0.717, 1.165) is 16.9 Å². The molecule has 11 nitrogen and oxygen atoms in total. The number of para-hydroxylation sites is 2. The summed E-state index contributed by atoms with van der Waals surface area (Å²) in [6.07, 6.45) is 1.32. The zero-order chi connectivity index (χ0) is 26.9. The molecule has 2 aromatic carbocycles. The summed E-state index contributed by atoms with van der Waals surface area (Å²) < 4.78 is 32.9. The Morgan fingerprint density at radius 1 is 1.16 bits per heavy atom. The minimum atomic E-state index is -3.71. The van der Waals surface area contributed by atoms with Crippen LogP contribution >= 0.6 is 0 Å². The maximum Gasteiger partial charge on any atom is 0.337 e. The molecular formula is C26H29N5O6S. The Kier molecular flexibility index (Phi) is 7.19. The molecule has 1 amide bonds. The molecular weight excluding hydrogens is 510 g/mol. The van der Waals surface area contributed by atoms with Gasteiger partial charge in [0.05, 0.1) is 41.8 Å². The fourth-order valence-corrected chi connectivity index (χ4v) is 6.36. The monoisotopic (exact) mass is 539 g/mol. The SMILES string of the molecule is COC(=O)C1=C(Nc2ccc(S(=O)(=O)N3CCC(c4nc5ccccc5[nH]4)CC3)cc2)C(=O)N(CCO)C1. The molecule has 0 saturated carbocycles. The number of sulfonamides is 1. The van der Waals surface area contributed by atoms with Gasteiger partial charge >= 0.3 is 5.97 Å². The van der Waals surface area contributed by atoms with E-state index in [0.29, 0.717) is 31.6 Å². The lowest BCUT2D eigenvalue weighted by molar-refractivity contribution is -0.136. The largest absolute Gasteiger partial charge is 0.466 e. The van der Waals surface area contributed by atoms with E-state index in [2.05, 4.69) is 15.3 Å². The zero-order valence-corrected chi connectivity index (χ0v) is 21.7. The van der Waals surface area contributed by atoms with Crippen LogP contribution in [0.15, 0.2) is 64.7 Å². The number of rotatable bonds is 8. The molecule has 0 spiro atoms. The molecule has 3 aromatic rings. The van der Waals surface area contributed by atoms with Crippen LogP contribution in [0.5, 0.6) is 0 Å². The second-order valence-electron chi connectivity index (χ2n) is 9.26. The Morgan fingerprint density at radius 3 is 2.53 bits per heavy atom. The van der Waals surface area contributed by atoms with Gasteiger partial charge in [0, 0.05) is 31.2 Å². The first-order chi connectivity index (χ1) is 18.3. The first-order valence-corrected chi connectivity index (χ1v) is 13.8. The lowest BCUT2D eigenvalue weighted by atomic mass is 9.97. The number of imidazole rings is 1. The van der Waals surface area contributed by atoms with Crippen LogP contribution in [0.3, 0.4) is 0 Å². The highest BCUT2D eigenvalue weighted by Crippen LogP contribution is 2.31. The van der Waals surface area contributed by atoms with Gasteiger partial charge in [-0.1, -0.05) is 12.1 Å². The van der Waals surface area contributed by atoms with Crippen LogP contribution in [-0.4, -0.2) is 84.5 Å². The van der Waals surface area contributed by atoms with Crippen molar-refractivity contribution >= 4 is 38.6 Å². The third-order valence-corrected chi connectivity index (χ3v) is 8.88. The Balaban J connectivity index is 1.26. The molecule has 3 N–H and O–H groups in total. The third-order valence-electron chi connectivity index (χ3n) is 6.96. The van der Waals surface area contributed by atoms with Crippen LogP contribution in [0.25, 0.3) is 11.0 Å². The van der Waals surface area contributed by atoms with Crippen molar-refractivity contribution in [1.29, 1.82) is 0 Å². The first kappa shape index (κ1) is 25.9. The van der Waals surface area contributed by atoms with E-state index >= 15 is 0 Å². The van der Waals surface area contributed by atoms with Gasteiger partial charge in [0.25, 0.3) is 5.91 Å². The molecule has 0 aliphatic carbocycles. The van der Waals surface area contributed by atoms with Gasteiger partial charge in [-0.05, 0) is 49.2 Å². The molecule has 2 aliphatic heterocycles. The normalized spacial score (nSPS) is 17.4. The predicted octanol–water partition coefficient (Wildman–Crippen LogP) is 1.80. The van der Waals surface area contributed by atoms with Gasteiger partial charge in [0.1, 0.15) is 11.5 Å². The Labute approximate surface area is 220 Å². The predicted molar refractivity (Wildman–Crippen MR) is 140 cm³/mol. The Hall–Kier alpha value is -3.74. The molecule has 2 aliphatic rings. The minimum absolute atomic E-state index is 0.0187. The second kappa shape index (κ2) is 10.6. The van der Waals surface area contributed by atoms with Crippen molar-refractivity contribution in [3.05, 3.63) is 65.6 Å². The number of aliphatic hydroxyl groups is 1. The summed E-state index contributed by atoms with van der Waals surface area (Å²) in [6.45, 7) is 0.623. The van der Waals surface area contributed by atoms with Gasteiger partial charge in [-0.15, -0.1) is 0 Å². The molecule has 200 valence electrons. The number of aromatic nitrogens is 2.